The number of anilines is 1. The summed E-state index contributed by atoms with van der Waals surface area (Å²) in [5.41, 5.74) is 0.683. The molecule has 2 saturated carbocycles. The summed E-state index contributed by atoms with van der Waals surface area (Å²) in [4.78, 5) is 12.3. The number of hydrogen-bond donors (Lipinski definition) is 1. The summed E-state index contributed by atoms with van der Waals surface area (Å²) in [6.45, 7) is -0.452. The van der Waals surface area contributed by atoms with E-state index in [0.717, 1.165) is 44.2 Å². The normalized spacial score (nSPS) is 22.2. The van der Waals surface area contributed by atoms with Crippen molar-refractivity contribution in [2.24, 2.45) is 0 Å². The summed E-state index contributed by atoms with van der Waals surface area (Å²) >= 11 is 7.17. The van der Waals surface area contributed by atoms with Crippen molar-refractivity contribution in [1.82, 2.24) is 5.09 Å². The first-order valence-corrected chi connectivity index (χ1v) is 10.7. The molecule has 5 heteroatoms. The molecule has 0 bridgehead atoms. The van der Waals surface area contributed by atoms with Gasteiger partial charge in [-0.05, 0) is 50.0 Å². The molecule has 22 heavy (non-hydrogen) atoms. The lowest BCUT2D eigenvalue weighted by atomic mass is 9.95. The molecule has 2 aliphatic carbocycles. The molecule has 0 heterocycles. The minimum absolute atomic E-state index is 0.234. The first kappa shape index (κ1) is 16.1. The Hall–Kier alpha value is -0.760. The van der Waals surface area contributed by atoms with E-state index in [4.69, 9.17) is 11.2 Å². The molecule has 0 aromatic heterocycles. The van der Waals surface area contributed by atoms with E-state index in [1.54, 1.807) is 6.92 Å². The minimum atomic E-state index is -2.16. The highest BCUT2D eigenvalue weighted by Gasteiger charge is 2.44. The van der Waals surface area contributed by atoms with E-state index in [9.17, 15) is 4.79 Å². The van der Waals surface area contributed by atoms with Gasteiger partial charge in [0, 0.05) is 12.7 Å². The summed E-state index contributed by atoms with van der Waals surface area (Å²) in [5, 5.41) is 5.06. The van der Waals surface area contributed by atoms with E-state index in [1.165, 1.54) is 5.29 Å². The van der Waals surface area contributed by atoms with Crippen LogP contribution in [0.25, 0.3) is 0 Å². The molecule has 0 aliphatic heterocycles. The third-order valence-electron chi connectivity index (χ3n) is 4.93. The largest absolute Gasteiger partial charge is 0.332 e. The lowest BCUT2D eigenvalue weighted by Gasteiger charge is -2.40. The molecule has 1 unspecified atom stereocenters. The summed E-state index contributed by atoms with van der Waals surface area (Å²) in [7, 11) is 2.05. The van der Waals surface area contributed by atoms with Gasteiger partial charge in [-0.2, -0.15) is 0 Å². The Balaban J connectivity index is 1.97. The first-order chi connectivity index (χ1) is 10.5. The number of nitrogens with zero attached hydrogens (tertiary/aromatic N) is 1. The van der Waals surface area contributed by atoms with Crippen LogP contribution in [0.15, 0.2) is 30.3 Å². The van der Waals surface area contributed by atoms with Gasteiger partial charge in [0.1, 0.15) is 12.3 Å². The Bertz CT molecular complexity index is 617. The molecule has 2 fully saturated rings. The van der Waals surface area contributed by atoms with Gasteiger partial charge in [-0.1, -0.05) is 42.3 Å². The molecule has 2 aliphatic rings. The number of benzene rings is 1. The molecule has 0 radical (unpaired) electrons. The van der Waals surface area contributed by atoms with Crippen LogP contribution in [0.1, 0.15) is 45.4 Å². The second kappa shape index (κ2) is 6.03. The third-order valence-corrected chi connectivity index (χ3v) is 9.65. The van der Waals surface area contributed by atoms with Gasteiger partial charge >= 0.3 is 0 Å². The van der Waals surface area contributed by atoms with Crippen LogP contribution in [-0.2, 0) is 4.79 Å². The Morgan fingerprint density at radius 2 is 1.82 bits per heavy atom. The maximum Gasteiger partial charge on any atom is 0.150 e. The molecular formula is C17H24ClN2OP. The zero-order valence-electron chi connectivity index (χ0n) is 13.3. The topological polar surface area (TPSA) is 32.3 Å². The maximum absolute atomic E-state index is 12.3. The predicted molar refractivity (Wildman–Crippen MR) is 96.9 cm³/mol. The van der Waals surface area contributed by atoms with Crippen LogP contribution in [0.5, 0.6) is 0 Å². The summed E-state index contributed by atoms with van der Waals surface area (Å²) in [6, 6.07) is 10.2. The van der Waals surface area contributed by atoms with E-state index >= 15 is 0 Å². The number of nitrogens with one attached hydrogen (secondary N) is 1. The Morgan fingerprint density at radius 1 is 1.23 bits per heavy atom. The van der Waals surface area contributed by atoms with Gasteiger partial charge in [0.25, 0.3) is 0 Å². The second-order valence-electron chi connectivity index (χ2n) is 6.44. The second-order valence-corrected chi connectivity index (χ2v) is 10.5. The maximum atomic E-state index is 12.3. The van der Waals surface area contributed by atoms with Crippen LogP contribution in [0, 0.1) is 0 Å². The molecule has 0 amide bonds. The SMILES string of the molecule is CC(=O)C1(NP(Cl)(=C2CC2)N(C)c2ccccc2)CCCC1. The van der Waals surface area contributed by atoms with E-state index in [-0.39, 0.29) is 5.78 Å². The van der Waals surface area contributed by atoms with Crippen molar-refractivity contribution < 1.29 is 4.79 Å². The van der Waals surface area contributed by atoms with Gasteiger partial charge in [-0.3, -0.25) is 9.88 Å². The number of Topliss-reactive ketones (excluding diaryl/α,β-unsaturated/α-hetero) is 1. The quantitative estimate of drug-likeness (QED) is 0.797. The van der Waals surface area contributed by atoms with Crippen LogP contribution in [0.4, 0.5) is 5.69 Å². The van der Waals surface area contributed by atoms with Crippen molar-refractivity contribution >= 4 is 34.5 Å². The molecule has 1 aromatic carbocycles. The molecular weight excluding hydrogens is 315 g/mol. The van der Waals surface area contributed by atoms with Gasteiger partial charge in [-0.15, -0.1) is 0 Å². The Labute approximate surface area is 137 Å². The Morgan fingerprint density at radius 3 is 2.32 bits per heavy atom. The number of rotatable bonds is 5. The smallest absolute Gasteiger partial charge is 0.150 e. The summed E-state index contributed by atoms with van der Waals surface area (Å²) < 4.78 is 2.18. The van der Waals surface area contributed by atoms with Crippen molar-refractivity contribution in [3.63, 3.8) is 0 Å². The standard InChI is InChI=1S/C17H24ClN2OP/c1-14(21)17(12-6-7-13-17)19-22(18,16-10-11-16)20(2)15-8-4-3-5-9-15/h3-5,8-9,19H,6-7,10-13H2,1-2H3. The average Bonchev–Trinajstić information content (AvgIpc) is 3.28. The van der Waals surface area contributed by atoms with E-state index in [0.29, 0.717) is 0 Å². The Kier molecular flexibility index (Phi) is 4.42. The van der Waals surface area contributed by atoms with Crippen LogP contribution >= 0.6 is 17.8 Å². The third kappa shape index (κ3) is 2.87. The van der Waals surface area contributed by atoms with Gasteiger partial charge in [0.2, 0.25) is 0 Å². The van der Waals surface area contributed by atoms with Crippen molar-refractivity contribution in [2.75, 3.05) is 11.7 Å². The molecule has 1 aromatic rings. The van der Waals surface area contributed by atoms with Gasteiger partial charge < -0.3 is 4.67 Å². The fourth-order valence-electron chi connectivity index (χ4n) is 3.33. The van der Waals surface area contributed by atoms with Crippen molar-refractivity contribution in [1.29, 1.82) is 0 Å². The van der Waals surface area contributed by atoms with Crippen LogP contribution in [-0.4, -0.2) is 23.7 Å². The number of carbonyl (C=O) groups excluding carboxylic acids is 1. The van der Waals surface area contributed by atoms with Crippen LogP contribution < -0.4 is 9.76 Å². The van der Waals surface area contributed by atoms with Crippen LogP contribution in [0.2, 0.25) is 0 Å². The molecule has 0 saturated heterocycles. The fourth-order valence-corrected chi connectivity index (χ4v) is 7.42. The van der Waals surface area contributed by atoms with Crippen molar-refractivity contribution in [2.45, 2.75) is 51.0 Å². The highest BCUT2D eigenvalue weighted by atomic mass is 35.7. The van der Waals surface area contributed by atoms with E-state index in [2.05, 4.69) is 28.9 Å². The van der Waals surface area contributed by atoms with Gasteiger partial charge in [-0.25, -0.2) is 0 Å². The van der Waals surface area contributed by atoms with Crippen molar-refractivity contribution in [3.05, 3.63) is 30.3 Å². The lowest BCUT2D eigenvalue weighted by molar-refractivity contribution is -0.122. The highest BCUT2D eigenvalue weighted by molar-refractivity contribution is 7.98. The van der Waals surface area contributed by atoms with Gasteiger partial charge in [0.05, 0.1) is 5.54 Å². The van der Waals surface area contributed by atoms with Gasteiger partial charge in [0.15, 0.2) is 0 Å². The molecule has 0 spiro atoms. The monoisotopic (exact) mass is 338 g/mol. The zero-order valence-corrected chi connectivity index (χ0v) is 15.0. The van der Waals surface area contributed by atoms with E-state index < -0.39 is 12.1 Å². The first-order valence-electron chi connectivity index (χ1n) is 8.02. The zero-order chi connectivity index (χ0) is 15.8. The molecule has 3 rings (SSSR count). The predicted octanol–water partition coefficient (Wildman–Crippen LogP) is 4.58. The average molecular weight is 339 g/mol. The van der Waals surface area contributed by atoms with Crippen LogP contribution in [0.3, 0.4) is 0 Å². The van der Waals surface area contributed by atoms with E-state index in [1.807, 2.05) is 18.2 Å². The lowest BCUT2D eigenvalue weighted by Crippen LogP contribution is -2.48. The molecule has 3 nitrogen and oxygen atoms in total. The summed E-state index contributed by atoms with van der Waals surface area (Å²) in [5.74, 6) is 0.234. The number of hydrogen-bond acceptors (Lipinski definition) is 3. The highest BCUT2D eigenvalue weighted by Crippen LogP contribution is 2.61. The number of ketones is 1. The minimum Gasteiger partial charge on any atom is -0.332 e. The number of halogens is 1. The fraction of sp³-hybridized carbons (Fsp3) is 0.529. The van der Waals surface area contributed by atoms with Crippen molar-refractivity contribution in [3.8, 4) is 0 Å². The molecule has 1 atom stereocenters. The number of carbonyl (C=O) groups is 1. The number of para-hydroxylation sites is 1. The summed E-state index contributed by atoms with van der Waals surface area (Å²) in [6.07, 6.45) is 6.19. The molecule has 120 valence electrons. The molecule has 1 N–H and O–H groups in total.